The molecule has 0 saturated heterocycles. The van der Waals surface area contributed by atoms with Gasteiger partial charge < -0.3 is 0 Å². The van der Waals surface area contributed by atoms with E-state index in [1.807, 2.05) is 48.8 Å². The fourth-order valence-electron chi connectivity index (χ4n) is 16.1. The summed E-state index contributed by atoms with van der Waals surface area (Å²) in [5, 5.41) is 9.76. The summed E-state index contributed by atoms with van der Waals surface area (Å²) in [6, 6.07) is 149. The lowest BCUT2D eigenvalue weighted by Gasteiger charge is -2.14. The Bertz CT molecular complexity index is 7340. The monoisotopic (exact) mass is 1580 g/mol. The maximum absolute atomic E-state index is 5.16. The first-order valence-electron chi connectivity index (χ1n) is 41.4. The van der Waals surface area contributed by atoms with Gasteiger partial charge in [0.25, 0.3) is 0 Å². The summed E-state index contributed by atoms with van der Waals surface area (Å²) in [5.41, 5.74) is 29.9. The molecule has 0 atom stereocenters. The average molecular weight is 1580 g/mol. The van der Waals surface area contributed by atoms with Crippen LogP contribution in [0, 0.1) is 0 Å². The number of hydrogen-bond acceptors (Lipinski definition) is 9. The first kappa shape index (κ1) is 76.0. The molecule has 0 N–H and O–H groups in total. The minimum absolute atomic E-state index is 0.721. The lowest BCUT2D eigenvalue weighted by atomic mass is 9.91. The number of hydrogen-bond donors (Lipinski definition) is 0. The summed E-state index contributed by atoms with van der Waals surface area (Å²) in [6.07, 6.45) is 12.4. The van der Waals surface area contributed by atoms with E-state index in [-0.39, 0.29) is 0 Å². The summed E-state index contributed by atoms with van der Waals surface area (Å²) < 4.78 is 0. The van der Waals surface area contributed by atoms with Crippen LogP contribution in [0.1, 0.15) is 0 Å². The predicted octanol–water partition coefficient (Wildman–Crippen LogP) is 29.2. The molecule has 0 fully saturated rings. The highest BCUT2D eigenvalue weighted by Gasteiger charge is 2.18. The zero-order chi connectivity index (χ0) is 82.8. The highest BCUT2D eigenvalue weighted by Crippen LogP contribution is 2.42. The molecule has 0 aliphatic rings. The zero-order valence-corrected chi connectivity index (χ0v) is 67.5. The first-order valence-corrected chi connectivity index (χ1v) is 41.4. The lowest BCUT2D eigenvalue weighted by molar-refractivity contribution is 1.17. The Labute approximate surface area is 719 Å². The Kier molecular flexibility index (Phi) is 21.5. The van der Waals surface area contributed by atoms with E-state index in [2.05, 4.69) is 418 Å². The van der Waals surface area contributed by atoms with Crippen LogP contribution in [0.15, 0.2) is 468 Å². The van der Waals surface area contributed by atoms with E-state index in [1.54, 1.807) is 31.1 Å². The molecule has 22 aromatic rings. The highest BCUT2D eigenvalue weighted by atomic mass is 14.9. The number of aromatic nitrogens is 9. The highest BCUT2D eigenvalue weighted by molar-refractivity contribution is 5.95. The number of fused-ring (bicyclic) bond motifs is 4. The Morgan fingerprint density at radius 2 is 0.347 bits per heavy atom. The van der Waals surface area contributed by atoms with Crippen molar-refractivity contribution in [3.8, 4) is 168 Å². The maximum atomic E-state index is 5.16. The summed E-state index contributed by atoms with van der Waals surface area (Å²) >= 11 is 0. The van der Waals surface area contributed by atoms with Gasteiger partial charge in [-0.3, -0.25) is 0 Å². The van der Waals surface area contributed by atoms with E-state index in [0.717, 1.165) is 157 Å². The van der Waals surface area contributed by atoms with E-state index in [1.165, 1.54) is 54.2 Å². The molecule has 16 aromatic carbocycles. The van der Waals surface area contributed by atoms with Crippen molar-refractivity contribution in [2.24, 2.45) is 0 Å². The van der Waals surface area contributed by atoms with Crippen LogP contribution in [0.25, 0.3) is 211 Å². The van der Waals surface area contributed by atoms with Crippen LogP contribution < -0.4 is 0 Å². The molecule has 0 unspecified atom stereocenters. The van der Waals surface area contributed by atoms with Gasteiger partial charge in [-0.2, -0.15) is 0 Å². The fourth-order valence-corrected chi connectivity index (χ4v) is 16.1. The van der Waals surface area contributed by atoms with Gasteiger partial charge in [0.15, 0.2) is 11.6 Å². The van der Waals surface area contributed by atoms with E-state index in [0.29, 0.717) is 0 Å². The first-order chi connectivity index (χ1) is 61.4. The smallest absolute Gasteiger partial charge is 0.159 e. The van der Waals surface area contributed by atoms with Gasteiger partial charge in [-0.1, -0.05) is 315 Å². The standard InChI is InChI=1S/C43H29N3.C37H25N3.C35H23N3/c1-3-11-32(12-4-1)41-28-40(29-42(46-41)33-13-5-2-6-14-33)39-26-37(31-16-19-34(20-17-31)43-44-22-9-23-45-43)25-38(27-39)36-21-18-30-10-7-8-15-35(30)24-36;1-3-10-27(11-4-1)36-21-34(22-37(40-36)28-12-5-2-6-13-28)32-18-31(19-33(20-32)35-23-38-25-39-24-35)30-16-15-26-9-7-8-14-29(26)17-30;1-3-8-28-20-30(16-12-24(28)6-1)33-22-32(26-10-14-27(15-11-26)35-36-18-5-19-37-35)23-34(38-33)31-17-13-25-7-2-4-9-29(25)21-31/h1-29H;1-25H;1-23H. The van der Waals surface area contributed by atoms with Gasteiger partial charge in [0.05, 0.1) is 34.2 Å². The third-order valence-electron chi connectivity index (χ3n) is 22.5. The van der Waals surface area contributed by atoms with Crippen molar-refractivity contribution in [2.75, 3.05) is 0 Å². The molecule has 9 heteroatoms. The molecule has 6 heterocycles. The van der Waals surface area contributed by atoms with Gasteiger partial charge in [-0.25, -0.2) is 44.9 Å². The van der Waals surface area contributed by atoms with Crippen LogP contribution in [0.5, 0.6) is 0 Å². The molecular formula is C115H77N9. The molecule has 124 heavy (non-hydrogen) atoms. The minimum Gasteiger partial charge on any atom is -0.248 e. The molecule has 0 radical (unpaired) electrons. The number of nitrogens with zero attached hydrogens (tertiary/aromatic N) is 9. The summed E-state index contributed by atoms with van der Waals surface area (Å²) in [5.74, 6) is 1.45. The average Bonchev–Trinajstić information content (AvgIpc) is 0.810. The molecule has 22 rings (SSSR count). The lowest BCUT2D eigenvalue weighted by Crippen LogP contribution is -1.92. The molecule has 9 nitrogen and oxygen atoms in total. The van der Waals surface area contributed by atoms with Gasteiger partial charge in [-0.05, 0) is 225 Å². The Hall–Kier alpha value is -16.8. The van der Waals surface area contributed by atoms with Crippen LogP contribution in [0.4, 0.5) is 0 Å². The molecular weight excluding hydrogens is 1510 g/mol. The van der Waals surface area contributed by atoms with Gasteiger partial charge in [0, 0.05) is 87.3 Å². The maximum Gasteiger partial charge on any atom is 0.159 e. The van der Waals surface area contributed by atoms with E-state index >= 15 is 0 Å². The zero-order valence-electron chi connectivity index (χ0n) is 67.5. The van der Waals surface area contributed by atoms with Gasteiger partial charge in [0.2, 0.25) is 0 Å². The summed E-state index contributed by atoms with van der Waals surface area (Å²) in [4.78, 5) is 41.6. The van der Waals surface area contributed by atoms with Crippen molar-refractivity contribution in [3.63, 3.8) is 0 Å². The normalized spacial score (nSPS) is 11.1. The van der Waals surface area contributed by atoms with E-state index in [9.17, 15) is 0 Å². The summed E-state index contributed by atoms with van der Waals surface area (Å²) in [6.45, 7) is 0. The third kappa shape index (κ3) is 17.0. The van der Waals surface area contributed by atoms with Crippen LogP contribution in [-0.2, 0) is 0 Å². The van der Waals surface area contributed by atoms with E-state index < -0.39 is 0 Å². The number of benzene rings is 16. The largest absolute Gasteiger partial charge is 0.248 e. The molecule has 0 spiro atoms. The summed E-state index contributed by atoms with van der Waals surface area (Å²) in [7, 11) is 0. The molecule has 0 aliphatic heterocycles. The fraction of sp³-hybridized carbons (Fsp3) is 0. The van der Waals surface area contributed by atoms with Crippen molar-refractivity contribution >= 4 is 43.1 Å². The minimum atomic E-state index is 0.721. The van der Waals surface area contributed by atoms with Crippen molar-refractivity contribution in [2.45, 2.75) is 0 Å². The van der Waals surface area contributed by atoms with Crippen LogP contribution >= 0.6 is 0 Å². The molecule has 0 bridgehead atoms. The van der Waals surface area contributed by atoms with Crippen molar-refractivity contribution < 1.29 is 0 Å². The van der Waals surface area contributed by atoms with Crippen LogP contribution in [-0.4, -0.2) is 44.9 Å². The van der Waals surface area contributed by atoms with Gasteiger partial charge in [-0.15, -0.1) is 0 Å². The molecule has 6 aromatic heterocycles. The number of rotatable bonds is 15. The molecule has 0 amide bonds. The van der Waals surface area contributed by atoms with Crippen LogP contribution in [0.2, 0.25) is 0 Å². The van der Waals surface area contributed by atoms with Gasteiger partial charge >= 0.3 is 0 Å². The topological polar surface area (TPSA) is 116 Å². The van der Waals surface area contributed by atoms with Crippen molar-refractivity contribution in [3.05, 3.63) is 468 Å². The molecule has 582 valence electrons. The Morgan fingerprint density at radius 3 is 0.661 bits per heavy atom. The second kappa shape index (κ2) is 35.0. The Balaban J connectivity index is 0.000000118. The van der Waals surface area contributed by atoms with E-state index in [4.69, 9.17) is 15.0 Å². The van der Waals surface area contributed by atoms with Crippen LogP contribution in [0.3, 0.4) is 0 Å². The Morgan fingerprint density at radius 1 is 0.129 bits per heavy atom. The SMILES string of the molecule is c1ccc(-c2cc(-c3cc(-c4ccc(-c5ncccn5)cc4)cc(-c4ccc5ccccc5c4)c3)cc(-c3ccccc3)n2)cc1.c1ccc(-c2cc(-c3cc(-c4cncnc4)cc(-c4ccc5ccccc5c4)c3)cc(-c3ccccc3)n2)cc1.c1cnc(-c2ccc(-c3cc(-c4ccc5ccccc5c4)nc(-c4ccc5ccccc5c4)c3)cc2)nc1. The predicted molar refractivity (Wildman–Crippen MR) is 511 cm³/mol. The quantitative estimate of drug-likeness (QED) is 0.0989. The van der Waals surface area contributed by atoms with Crippen molar-refractivity contribution in [1.82, 2.24) is 44.9 Å². The van der Waals surface area contributed by atoms with Gasteiger partial charge in [0.1, 0.15) is 6.33 Å². The molecule has 0 aliphatic carbocycles. The third-order valence-corrected chi connectivity index (χ3v) is 22.5. The second-order valence-electron chi connectivity index (χ2n) is 30.6. The molecule has 0 saturated carbocycles. The van der Waals surface area contributed by atoms with Crippen molar-refractivity contribution in [1.29, 1.82) is 0 Å². The number of pyridine rings is 3. The second-order valence-corrected chi connectivity index (χ2v) is 30.6.